The van der Waals surface area contributed by atoms with Gasteiger partial charge < -0.3 is 0 Å². The number of ether oxygens (including phenoxy) is 3. The molecule has 3 rings (SSSR count). The first-order valence-corrected chi connectivity index (χ1v) is 14.7. The Balaban J connectivity index is 1.97. The first-order chi connectivity index (χ1) is 15.7. The predicted octanol–water partition coefficient (Wildman–Crippen LogP) is 5.73. The summed E-state index contributed by atoms with van der Waals surface area (Å²) in [5.41, 5.74) is -0.653. The van der Waals surface area contributed by atoms with Gasteiger partial charge in [0.25, 0.3) is 0 Å². The van der Waals surface area contributed by atoms with Crippen molar-refractivity contribution in [3.05, 3.63) is 72.8 Å². The van der Waals surface area contributed by atoms with E-state index in [0.29, 0.717) is 0 Å². The average molecular weight is 523 g/mol. The van der Waals surface area contributed by atoms with Crippen LogP contribution in [0, 0.1) is 0 Å². The van der Waals surface area contributed by atoms with Crippen molar-refractivity contribution in [2.45, 2.75) is 79.1 Å². The summed E-state index contributed by atoms with van der Waals surface area (Å²) >= 11 is -1.79. The van der Waals surface area contributed by atoms with Crippen LogP contribution in [0.2, 0.25) is 0 Å². The third-order valence-electron chi connectivity index (χ3n) is 4.56. The molecule has 0 radical (unpaired) electrons. The number of hydrogen-bond acceptors (Lipinski definition) is 3. The summed E-state index contributed by atoms with van der Waals surface area (Å²) in [6.07, 6.45) is 0. The molecule has 0 aliphatic heterocycles. The molecule has 0 bridgehead atoms. The van der Waals surface area contributed by atoms with Crippen LogP contribution in [0.1, 0.15) is 62.3 Å². The standard InChI is InChI=1S/C30H39AsO3/c1-28(2,3)32-25-16-10-22(11-17-25)31(23-12-18-26(19-13-23)33-29(4,5)6)24-14-20-27(21-15-24)34-30(7,8)9/h10-21H,1-9H3. The Morgan fingerprint density at radius 2 is 0.588 bits per heavy atom. The maximum absolute atomic E-state index is 6.06. The summed E-state index contributed by atoms with van der Waals surface area (Å²) < 4.78 is 22.2. The Bertz CT molecular complexity index is 908. The van der Waals surface area contributed by atoms with Gasteiger partial charge in [0, 0.05) is 0 Å². The minimum absolute atomic E-state index is 0.218. The SMILES string of the molecule is CC(C)(C)Oc1ccc([As](c2ccc(OC(C)(C)C)cc2)c2ccc(OC(C)(C)C)cc2)cc1. The Kier molecular flexibility index (Phi) is 7.78. The summed E-state index contributed by atoms with van der Waals surface area (Å²) in [4.78, 5) is 0. The summed E-state index contributed by atoms with van der Waals surface area (Å²) in [6.45, 7) is 18.6. The summed E-state index contributed by atoms with van der Waals surface area (Å²) in [6, 6.07) is 25.9. The van der Waals surface area contributed by atoms with Crippen LogP contribution in [0.15, 0.2) is 72.8 Å². The molecule has 4 heteroatoms. The third kappa shape index (κ3) is 8.13. The van der Waals surface area contributed by atoms with E-state index in [1.165, 1.54) is 13.1 Å². The topological polar surface area (TPSA) is 27.7 Å². The van der Waals surface area contributed by atoms with Crippen molar-refractivity contribution in [1.29, 1.82) is 0 Å². The van der Waals surface area contributed by atoms with Crippen LogP contribution < -0.4 is 27.3 Å². The Morgan fingerprint density at radius 3 is 0.765 bits per heavy atom. The molecule has 0 atom stereocenters. The fourth-order valence-electron chi connectivity index (χ4n) is 3.50. The average Bonchev–Trinajstić information content (AvgIpc) is 2.69. The second-order valence-electron chi connectivity index (χ2n) is 11.5. The van der Waals surface area contributed by atoms with E-state index in [1.54, 1.807) is 0 Å². The van der Waals surface area contributed by atoms with Gasteiger partial charge in [0.15, 0.2) is 0 Å². The van der Waals surface area contributed by atoms with Crippen LogP contribution in [0.3, 0.4) is 0 Å². The van der Waals surface area contributed by atoms with Crippen LogP contribution in [0.4, 0.5) is 0 Å². The molecule has 0 unspecified atom stereocenters. The van der Waals surface area contributed by atoms with Gasteiger partial charge in [-0.1, -0.05) is 0 Å². The van der Waals surface area contributed by atoms with E-state index in [1.807, 2.05) is 0 Å². The van der Waals surface area contributed by atoms with Gasteiger partial charge in [0.05, 0.1) is 0 Å². The van der Waals surface area contributed by atoms with Gasteiger partial charge in [-0.25, -0.2) is 0 Å². The maximum atomic E-state index is 6.06. The molecule has 0 N–H and O–H groups in total. The number of rotatable bonds is 6. The molecule has 0 aliphatic rings. The van der Waals surface area contributed by atoms with Crippen LogP contribution in [-0.4, -0.2) is 31.5 Å². The minimum atomic E-state index is -1.79. The van der Waals surface area contributed by atoms with Gasteiger partial charge >= 0.3 is 211 Å². The van der Waals surface area contributed by atoms with Crippen molar-refractivity contribution in [3.63, 3.8) is 0 Å². The zero-order chi connectivity index (χ0) is 25.1. The molecule has 3 aromatic carbocycles. The molecule has 0 heterocycles. The Labute approximate surface area is 210 Å². The molecule has 0 aliphatic carbocycles. The molecule has 0 aromatic heterocycles. The molecule has 0 saturated heterocycles. The van der Waals surface area contributed by atoms with Crippen molar-refractivity contribution in [2.24, 2.45) is 0 Å². The van der Waals surface area contributed by atoms with Gasteiger partial charge in [0.2, 0.25) is 0 Å². The fraction of sp³-hybridized carbons (Fsp3) is 0.400. The van der Waals surface area contributed by atoms with E-state index >= 15 is 0 Å². The van der Waals surface area contributed by atoms with Gasteiger partial charge in [-0.05, 0) is 0 Å². The van der Waals surface area contributed by atoms with E-state index in [9.17, 15) is 0 Å². The van der Waals surface area contributed by atoms with E-state index in [-0.39, 0.29) is 16.8 Å². The molecule has 0 spiro atoms. The molecule has 182 valence electrons. The van der Waals surface area contributed by atoms with Crippen molar-refractivity contribution in [1.82, 2.24) is 0 Å². The number of hydrogen-bond donors (Lipinski definition) is 0. The van der Waals surface area contributed by atoms with Gasteiger partial charge in [-0.3, -0.25) is 0 Å². The number of benzene rings is 3. The first kappa shape index (κ1) is 26.2. The molecule has 0 saturated carbocycles. The van der Waals surface area contributed by atoms with E-state index in [0.717, 1.165) is 17.2 Å². The zero-order valence-electron chi connectivity index (χ0n) is 22.1. The van der Waals surface area contributed by atoms with Crippen molar-refractivity contribution in [2.75, 3.05) is 0 Å². The second-order valence-corrected chi connectivity index (χ2v) is 16.1. The molecule has 34 heavy (non-hydrogen) atoms. The van der Waals surface area contributed by atoms with Crippen molar-refractivity contribution in [3.8, 4) is 17.2 Å². The van der Waals surface area contributed by atoms with Gasteiger partial charge in [0.1, 0.15) is 0 Å². The van der Waals surface area contributed by atoms with Crippen LogP contribution in [0.25, 0.3) is 0 Å². The fourth-order valence-corrected chi connectivity index (χ4v) is 8.19. The quantitative estimate of drug-likeness (QED) is 0.387. The van der Waals surface area contributed by atoms with E-state index < -0.39 is 14.7 Å². The van der Waals surface area contributed by atoms with Gasteiger partial charge in [-0.2, -0.15) is 0 Å². The first-order valence-electron chi connectivity index (χ1n) is 11.9. The molecular weight excluding hydrogens is 483 g/mol. The van der Waals surface area contributed by atoms with Crippen LogP contribution in [-0.2, 0) is 0 Å². The zero-order valence-corrected chi connectivity index (χ0v) is 24.0. The van der Waals surface area contributed by atoms with Crippen LogP contribution >= 0.6 is 0 Å². The molecule has 0 fully saturated rings. The predicted molar refractivity (Wildman–Crippen MR) is 145 cm³/mol. The van der Waals surface area contributed by atoms with Crippen molar-refractivity contribution >= 4 is 27.7 Å². The van der Waals surface area contributed by atoms with Gasteiger partial charge in [-0.15, -0.1) is 0 Å². The molecule has 3 aromatic rings. The van der Waals surface area contributed by atoms with Crippen molar-refractivity contribution < 1.29 is 14.2 Å². The summed E-state index contributed by atoms with van der Waals surface area (Å²) in [5, 5.41) is 0. The molecule has 3 nitrogen and oxygen atoms in total. The normalized spacial score (nSPS) is 12.5. The second kappa shape index (κ2) is 10.1. The Morgan fingerprint density at radius 1 is 0.382 bits per heavy atom. The summed E-state index contributed by atoms with van der Waals surface area (Å²) in [7, 11) is 0. The molecule has 0 amide bonds. The third-order valence-corrected chi connectivity index (χ3v) is 9.68. The van der Waals surface area contributed by atoms with Crippen LogP contribution in [0.5, 0.6) is 17.2 Å². The Hall–Kier alpha value is -2.38. The summed E-state index contributed by atoms with van der Waals surface area (Å²) in [5.74, 6) is 2.69. The monoisotopic (exact) mass is 522 g/mol. The van der Waals surface area contributed by atoms with E-state index in [2.05, 4.69) is 135 Å². The van der Waals surface area contributed by atoms with E-state index in [4.69, 9.17) is 14.2 Å². The molecular formula is C30H39AsO3.